The number of nitrogens with zero attached hydrogens (tertiary/aromatic N) is 2. The third kappa shape index (κ3) is 7.70. The number of ether oxygens (including phenoxy) is 1. The van der Waals surface area contributed by atoms with Crippen LogP contribution in [-0.4, -0.2) is 58.4 Å². The number of hydrogen-bond donors (Lipinski definition) is 0. The van der Waals surface area contributed by atoms with Crippen molar-refractivity contribution in [1.82, 2.24) is 10.1 Å². The summed E-state index contributed by atoms with van der Waals surface area (Å²) in [5, 5.41) is 1.06. The van der Waals surface area contributed by atoms with Crippen LogP contribution >= 0.6 is 0 Å². The highest BCUT2D eigenvalue weighted by molar-refractivity contribution is 6.02. The molecule has 0 aliphatic carbocycles. The number of carbonyl (C=O) groups is 6. The van der Waals surface area contributed by atoms with E-state index in [1.54, 1.807) is 0 Å². The van der Waals surface area contributed by atoms with Gasteiger partial charge in [-0.3, -0.25) is 19.2 Å². The van der Waals surface area contributed by atoms with Crippen LogP contribution in [0.1, 0.15) is 84.0 Å². The number of carbonyl (C=O) groups excluding carboxylic acids is 6. The molecule has 0 N–H and O–H groups in total. The van der Waals surface area contributed by atoms with Gasteiger partial charge in [-0.1, -0.05) is 32.6 Å². The first kappa shape index (κ1) is 25.4. The molecular weight excluding hydrogens is 424 g/mol. The second-order valence-electron chi connectivity index (χ2n) is 7.70. The lowest BCUT2D eigenvalue weighted by molar-refractivity contribution is -0.205. The van der Waals surface area contributed by atoms with E-state index in [1.165, 1.54) is 0 Å². The number of rotatable bonds is 14. The lowest BCUT2D eigenvalue weighted by Crippen LogP contribution is -2.37. The van der Waals surface area contributed by atoms with Crippen molar-refractivity contribution in [1.29, 1.82) is 0 Å². The van der Waals surface area contributed by atoms with Crippen LogP contribution in [0.3, 0.4) is 0 Å². The van der Waals surface area contributed by atoms with Gasteiger partial charge in [-0.05, 0) is 19.3 Å². The van der Waals surface area contributed by atoms with Gasteiger partial charge in [0, 0.05) is 38.7 Å². The molecule has 2 aliphatic heterocycles. The lowest BCUT2D eigenvalue weighted by Gasteiger charge is -2.19. The summed E-state index contributed by atoms with van der Waals surface area (Å²) in [4.78, 5) is 79.9. The Labute approximate surface area is 186 Å². The maximum absolute atomic E-state index is 12.3. The predicted molar refractivity (Wildman–Crippen MR) is 107 cm³/mol. The third-order valence-electron chi connectivity index (χ3n) is 5.06. The van der Waals surface area contributed by atoms with E-state index in [-0.39, 0.29) is 38.7 Å². The van der Waals surface area contributed by atoms with Crippen molar-refractivity contribution in [3.8, 4) is 0 Å². The molecule has 0 radical (unpaired) electrons. The number of amides is 4. The highest BCUT2D eigenvalue weighted by Crippen LogP contribution is 2.16. The van der Waals surface area contributed by atoms with Crippen LogP contribution in [0.25, 0.3) is 0 Å². The SMILES string of the molecule is CCCCC(OCCCCCCC(=O)ON1C(=O)CCC1=O)C(=O)ON1C(=O)CCC1=O. The normalized spacial score (nSPS) is 17.3. The van der Waals surface area contributed by atoms with Crippen molar-refractivity contribution >= 4 is 35.6 Å². The average molecular weight is 454 g/mol. The summed E-state index contributed by atoms with van der Waals surface area (Å²) in [7, 11) is 0. The monoisotopic (exact) mass is 454 g/mol. The molecule has 2 heterocycles. The van der Waals surface area contributed by atoms with Crippen molar-refractivity contribution in [2.24, 2.45) is 0 Å². The van der Waals surface area contributed by atoms with E-state index in [1.807, 2.05) is 6.92 Å². The first-order valence-corrected chi connectivity index (χ1v) is 11.1. The molecule has 0 saturated carbocycles. The van der Waals surface area contributed by atoms with Gasteiger partial charge in [0.2, 0.25) is 0 Å². The molecule has 32 heavy (non-hydrogen) atoms. The Bertz CT molecular complexity index is 705. The first-order valence-electron chi connectivity index (χ1n) is 11.1. The second-order valence-corrected chi connectivity index (χ2v) is 7.70. The number of hydrogen-bond acceptors (Lipinski definition) is 9. The minimum atomic E-state index is -0.860. The molecule has 11 nitrogen and oxygen atoms in total. The summed E-state index contributed by atoms with van der Waals surface area (Å²) in [6.07, 6.45) is 3.99. The molecule has 4 amide bonds. The van der Waals surface area contributed by atoms with Crippen LogP contribution in [-0.2, 0) is 43.2 Å². The smallest absolute Gasteiger partial charge is 0.361 e. The molecule has 0 aromatic heterocycles. The van der Waals surface area contributed by atoms with Crippen LogP contribution in [0.15, 0.2) is 0 Å². The molecule has 0 bridgehead atoms. The van der Waals surface area contributed by atoms with Crippen LogP contribution in [0.4, 0.5) is 0 Å². The van der Waals surface area contributed by atoms with Crippen molar-refractivity contribution in [3.63, 3.8) is 0 Å². The molecule has 1 unspecified atom stereocenters. The Morgan fingerprint density at radius 2 is 1.31 bits per heavy atom. The molecule has 2 saturated heterocycles. The zero-order valence-electron chi connectivity index (χ0n) is 18.3. The van der Waals surface area contributed by atoms with E-state index in [0.29, 0.717) is 35.8 Å². The van der Waals surface area contributed by atoms with E-state index in [2.05, 4.69) is 0 Å². The molecule has 1 atom stereocenters. The molecule has 0 aromatic rings. The van der Waals surface area contributed by atoms with Gasteiger partial charge >= 0.3 is 11.9 Å². The molecule has 11 heteroatoms. The maximum Gasteiger partial charge on any atom is 0.361 e. The molecule has 178 valence electrons. The van der Waals surface area contributed by atoms with Crippen molar-refractivity contribution in [2.45, 2.75) is 90.1 Å². The van der Waals surface area contributed by atoms with Gasteiger partial charge in [-0.15, -0.1) is 10.1 Å². The van der Waals surface area contributed by atoms with Crippen molar-refractivity contribution in [2.75, 3.05) is 6.61 Å². The summed E-state index contributed by atoms with van der Waals surface area (Å²) >= 11 is 0. The van der Waals surface area contributed by atoms with Crippen molar-refractivity contribution < 1.29 is 43.2 Å². The van der Waals surface area contributed by atoms with Gasteiger partial charge in [0.05, 0.1) is 0 Å². The fraction of sp³-hybridized carbons (Fsp3) is 0.714. The second kappa shape index (κ2) is 12.9. The predicted octanol–water partition coefficient (Wildman–Crippen LogP) is 1.73. The van der Waals surface area contributed by atoms with Crippen LogP contribution in [0.2, 0.25) is 0 Å². The number of imide groups is 2. The van der Waals surface area contributed by atoms with Gasteiger partial charge in [0.1, 0.15) is 0 Å². The number of hydroxylamine groups is 4. The molecule has 2 rings (SSSR count). The topological polar surface area (TPSA) is 137 Å². The minimum absolute atomic E-state index is 0.0325. The van der Waals surface area contributed by atoms with Gasteiger partial charge < -0.3 is 14.4 Å². The van der Waals surface area contributed by atoms with Crippen LogP contribution in [0.5, 0.6) is 0 Å². The first-order chi connectivity index (χ1) is 15.3. The van der Waals surface area contributed by atoms with E-state index >= 15 is 0 Å². The summed E-state index contributed by atoms with van der Waals surface area (Å²) in [6, 6.07) is 0. The Balaban J connectivity index is 1.62. The van der Waals surface area contributed by atoms with Crippen LogP contribution in [0, 0.1) is 0 Å². The van der Waals surface area contributed by atoms with E-state index in [9.17, 15) is 28.8 Å². The molecule has 2 fully saturated rings. The highest BCUT2D eigenvalue weighted by Gasteiger charge is 2.35. The van der Waals surface area contributed by atoms with Crippen molar-refractivity contribution in [3.05, 3.63) is 0 Å². The zero-order chi connectivity index (χ0) is 23.5. The minimum Gasteiger partial charge on any atom is -0.366 e. The highest BCUT2D eigenvalue weighted by atomic mass is 16.7. The zero-order valence-corrected chi connectivity index (χ0v) is 18.3. The Morgan fingerprint density at radius 1 is 0.781 bits per heavy atom. The molecular formula is C21H30N2O9. The van der Waals surface area contributed by atoms with Gasteiger partial charge in [-0.25, -0.2) is 9.59 Å². The maximum atomic E-state index is 12.3. The summed E-state index contributed by atoms with van der Waals surface area (Å²) < 4.78 is 5.63. The fourth-order valence-electron chi connectivity index (χ4n) is 3.22. The summed E-state index contributed by atoms with van der Waals surface area (Å²) in [5.41, 5.74) is 0. The van der Waals surface area contributed by atoms with E-state index < -0.39 is 41.7 Å². The Morgan fingerprint density at radius 3 is 1.88 bits per heavy atom. The van der Waals surface area contributed by atoms with Gasteiger partial charge in [0.15, 0.2) is 6.10 Å². The van der Waals surface area contributed by atoms with Gasteiger partial charge in [-0.2, -0.15) is 0 Å². The molecule has 2 aliphatic rings. The van der Waals surface area contributed by atoms with Gasteiger partial charge in [0.25, 0.3) is 23.6 Å². The average Bonchev–Trinajstić information content (AvgIpc) is 3.25. The number of unbranched alkanes of at least 4 members (excludes halogenated alkanes) is 4. The summed E-state index contributed by atoms with van der Waals surface area (Å²) in [6.45, 7) is 2.25. The molecule has 0 aromatic carbocycles. The largest absolute Gasteiger partial charge is 0.366 e. The Kier molecular flexibility index (Phi) is 10.3. The molecule has 0 spiro atoms. The standard InChI is InChI=1S/C21H30N2O9/c1-2-3-8-15(21(29)32-23-18(26)12-13-19(23)27)30-14-7-5-4-6-9-20(28)31-22-16(24)10-11-17(22)25/h15H,2-14H2,1H3. The Hall–Kier alpha value is -2.82. The quantitative estimate of drug-likeness (QED) is 0.284. The lowest BCUT2D eigenvalue weighted by atomic mass is 10.1. The van der Waals surface area contributed by atoms with E-state index in [4.69, 9.17) is 14.4 Å². The van der Waals surface area contributed by atoms with Crippen LogP contribution < -0.4 is 0 Å². The fourth-order valence-corrected chi connectivity index (χ4v) is 3.22. The van der Waals surface area contributed by atoms with E-state index in [0.717, 1.165) is 19.3 Å². The third-order valence-corrected chi connectivity index (χ3v) is 5.06. The summed E-state index contributed by atoms with van der Waals surface area (Å²) in [5.74, 6) is -3.46.